The number of benzene rings is 1. The zero-order valence-electron chi connectivity index (χ0n) is 13.4. The van der Waals surface area contributed by atoms with Gasteiger partial charge in [-0.2, -0.15) is 0 Å². The van der Waals surface area contributed by atoms with Gasteiger partial charge in [-0.25, -0.2) is 9.67 Å². The maximum atomic E-state index is 12.7. The van der Waals surface area contributed by atoms with E-state index in [1.807, 2.05) is 18.2 Å². The van der Waals surface area contributed by atoms with E-state index < -0.39 is 0 Å². The van der Waals surface area contributed by atoms with E-state index >= 15 is 0 Å². The summed E-state index contributed by atoms with van der Waals surface area (Å²) in [6.45, 7) is 2.31. The number of aromatic amines is 1. The SMILES string of the molecule is O=c1c2c([nH]n1-c1ccc(Cl)cc1)CN(Cc1ccc(Cl)nc1)CC2. The Kier molecular flexibility index (Phi) is 4.37. The fourth-order valence-corrected chi connectivity index (χ4v) is 3.38. The van der Waals surface area contributed by atoms with Gasteiger partial charge in [-0.3, -0.25) is 14.8 Å². The average Bonchev–Trinajstić information content (AvgIpc) is 2.94. The van der Waals surface area contributed by atoms with Gasteiger partial charge in [-0.1, -0.05) is 29.3 Å². The molecule has 0 bridgehead atoms. The molecule has 0 atom stereocenters. The number of hydrogen-bond acceptors (Lipinski definition) is 3. The summed E-state index contributed by atoms with van der Waals surface area (Å²) < 4.78 is 1.59. The first-order valence-electron chi connectivity index (χ1n) is 8.01. The number of rotatable bonds is 3. The second kappa shape index (κ2) is 6.67. The lowest BCUT2D eigenvalue weighted by Gasteiger charge is -2.25. The lowest BCUT2D eigenvalue weighted by Crippen LogP contribution is -2.31. The summed E-state index contributed by atoms with van der Waals surface area (Å²) in [5.74, 6) is 0. The Hall–Kier alpha value is -2.08. The van der Waals surface area contributed by atoms with Crippen molar-refractivity contribution in [2.75, 3.05) is 6.54 Å². The van der Waals surface area contributed by atoms with E-state index in [4.69, 9.17) is 23.2 Å². The highest BCUT2D eigenvalue weighted by Crippen LogP contribution is 2.19. The summed E-state index contributed by atoms with van der Waals surface area (Å²) in [6.07, 6.45) is 2.52. The van der Waals surface area contributed by atoms with Crippen molar-refractivity contribution >= 4 is 23.2 Å². The smallest absolute Gasteiger partial charge is 0.274 e. The first-order chi connectivity index (χ1) is 12.1. The second-order valence-corrected chi connectivity index (χ2v) is 6.96. The van der Waals surface area contributed by atoms with E-state index in [1.54, 1.807) is 29.1 Å². The lowest BCUT2D eigenvalue weighted by molar-refractivity contribution is 0.242. The standard InChI is InChI=1S/C18H16Cl2N4O/c19-13-2-4-14(5-3-13)24-18(25)15-7-8-23(11-16(15)22-24)10-12-1-6-17(20)21-9-12/h1-6,9,22H,7-8,10-11H2. The van der Waals surface area contributed by atoms with E-state index in [-0.39, 0.29) is 5.56 Å². The summed E-state index contributed by atoms with van der Waals surface area (Å²) in [4.78, 5) is 19.1. The third-order valence-corrected chi connectivity index (χ3v) is 4.89. The quantitative estimate of drug-likeness (QED) is 0.714. The Balaban J connectivity index is 1.57. The molecule has 0 saturated carbocycles. The van der Waals surface area contributed by atoms with Crippen LogP contribution in [0.2, 0.25) is 10.2 Å². The van der Waals surface area contributed by atoms with E-state index in [0.717, 1.165) is 42.0 Å². The van der Waals surface area contributed by atoms with E-state index in [0.29, 0.717) is 16.7 Å². The largest absolute Gasteiger partial charge is 0.293 e. The van der Waals surface area contributed by atoms with Crippen LogP contribution in [0.4, 0.5) is 0 Å². The van der Waals surface area contributed by atoms with Gasteiger partial charge in [0.25, 0.3) is 5.56 Å². The van der Waals surface area contributed by atoms with Gasteiger partial charge in [0, 0.05) is 36.4 Å². The van der Waals surface area contributed by atoms with Gasteiger partial charge < -0.3 is 0 Å². The minimum Gasteiger partial charge on any atom is -0.293 e. The molecule has 0 amide bonds. The minimum atomic E-state index is 0.0186. The number of aromatic nitrogens is 3. The summed E-state index contributed by atoms with van der Waals surface area (Å²) in [6, 6.07) is 11.0. The molecule has 1 N–H and O–H groups in total. The Labute approximate surface area is 154 Å². The molecule has 0 spiro atoms. The van der Waals surface area contributed by atoms with Crippen LogP contribution in [0.1, 0.15) is 16.8 Å². The molecule has 0 aliphatic carbocycles. The molecule has 0 fully saturated rings. The first-order valence-corrected chi connectivity index (χ1v) is 8.77. The number of fused-ring (bicyclic) bond motifs is 1. The van der Waals surface area contributed by atoms with Crippen LogP contribution in [0.5, 0.6) is 0 Å². The van der Waals surface area contributed by atoms with Crippen LogP contribution in [0.3, 0.4) is 0 Å². The van der Waals surface area contributed by atoms with Crippen molar-refractivity contribution in [3.05, 3.63) is 79.9 Å². The molecule has 0 saturated heterocycles. The summed E-state index contributed by atoms with van der Waals surface area (Å²) in [5, 5.41) is 4.39. The third kappa shape index (κ3) is 3.35. The lowest BCUT2D eigenvalue weighted by atomic mass is 10.1. The molecular weight excluding hydrogens is 359 g/mol. The minimum absolute atomic E-state index is 0.0186. The van der Waals surface area contributed by atoms with Crippen molar-refractivity contribution < 1.29 is 0 Å². The molecule has 0 radical (unpaired) electrons. The number of hydrogen-bond donors (Lipinski definition) is 1. The zero-order valence-corrected chi connectivity index (χ0v) is 14.9. The number of H-pyrrole nitrogens is 1. The molecule has 3 aromatic rings. The van der Waals surface area contributed by atoms with Crippen molar-refractivity contribution in [3.8, 4) is 5.69 Å². The molecule has 2 aromatic heterocycles. The predicted octanol–water partition coefficient (Wildman–Crippen LogP) is 3.43. The van der Waals surface area contributed by atoms with E-state index in [2.05, 4.69) is 15.0 Å². The molecule has 4 rings (SSSR count). The fourth-order valence-electron chi connectivity index (χ4n) is 3.14. The summed E-state index contributed by atoms with van der Waals surface area (Å²) >= 11 is 11.8. The van der Waals surface area contributed by atoms with Crippen molar-refractivity contribution in [1.82, 2.24) is 19.7 Å². The van der Waals surface area contributed by atoms with Crippen LogP contribution < -0.4 is 5.56 Å². The monoisotopic (exact) mass is 374 g/mol. The average molecular weight is 375 g/mol. The summed E-state index contributed by atoms with van der Waals surface area (Å²) in [5.41, 5.74) is 3.74. The molecule has 7 heteroatoms. The van der Waals surface area contributed by atoms with E-state index in [9.17, 15) is 4.79 Å². The molecule has 5 nitrogen and oxygen atoms in total. The maximum absolute atomic E-state index is 12.7. The summed E-state index contributed by atoms with van der Waals surface area (Å²) in [7, 11) is 0. The highest BCUT2D eigenvalue weighted by atomic mass is 35.5. The van der Waals surface area contributed by atoms with Crippen molar-refractivity contribution in [1.29, 1.82) is 0 Å². The molecule has 128 valence electrons. The van der Waals surface area contributed by atoms with Crippen LogP contribution in [-0.2, 0) is 19.5 Å². The molecule has 25 heavy (non-hydrogen) atoms. The van der Waals surface area contributed by atoms with Crippen molar-refractivity contribution in [2.24, 2.45) is 0 Å². The number of halogens is 2. The Bertz CT molecular complexity index is 945. The number of nitrogens with zero attached hydrogens (tertiary/aromatic N) is 3. The van der Waals surface area contributed by atoms with Crippen molar-refractivity contribution in [3.63, 3.8) is 0 Å². The van der Waals surface area contributed by atoms with Crippen LogP contribution in [0, 0.1) is 0 Å². The maximum Gasteiger partial charge on any atom is 0.274 e. The molecule has 1 aromatic carbocycles. The fraction of sp³-hybridized carbons (Fsp3) is 0.222. The van der Waals surface area contributed by atoms with E-state index in [1.165, 1.54) is 0 Å². The Morgan fingerprint density at radius 3 is 2.64 bits per heavy atom. The highest BCUT2D eigenvalue weighted by Gasteiger charge is 2.23. The first kappa shape index (κ1) is 16.4. The van der Waals surface area contributed by atoms with Gasteiger partial charge in [0.2, 0.25) is 0 Å². The third-order valence-electron chi connectivity index (χ3n) is 4.41. The Morgan fingerprint density at radius 1 is 1.12 bits per heavy atom. The number of pyridine rings is 1. The zero-order chi connectivity index (χ0) is 17.4. The molecular formula is C18H16Cl2N4O. The molecule has 1 aliphatic rings. The molecule has 0 unspecified atom stereocenters. The van der Waals surface area contributed by atoms with Gasteiger partial charge in [0.05, 0.1) is 11.4 Å². The van der Waals surface area contributed by atoms with Crippen LogP contribution >= 0.6 is 23.2 Å². The number of nitrogens with one attached hydrogen (secondary N) is 1. The Morgan fingerprint density at radius 2 is 1.92 bits per heavy atom. The van der Waals surface area contributed by atoms with Crippen LogP contribution in [0.25, 0.3) is 5.69 Å². The van der Waals surface area contributed by atoms with Gasteiger partial charge in [0.1, 0.15) is 5.15 Å². The second-order valence-electron chi connectivity index (χ2n) is 6.14. The van der Waals surface area contributed by atoms with Gasteiger partial charge in [0.15, 0.2) is 0 Å². The topological polar surface area (TPSA) is 53.9 Å². The predicted molar refractivity (Wildman–Crippen MR) is 98.5 cm³/mol. The normalized spacial score (nSPS) is 14.5. The van der Waals surface area contributed by atoms with Crippen molar-refractivity contribution in [2.45, 2.75) is 19.5 Å². The van der Waals surface area contributed by atoms with Gasteiger partial charge >= 0.3 is 0 Å². The van der Waals surface area contributed by atoms with Crippen LogP contribution in [0.15, 0.2) is 47.4 Å². The van der Waals surface area contributed by atoms with Gasteiger partial charge in [-0.15, -0.1) is 0 Å². The highest BCUT2D eigenvalue weighted by molar-refractivity contribution is 6.30. The van der Waals surface area contributed by atoms with Gasteiger partial charge in [-0.05, 0) is 42.3 Å². The van der Waals surface area contributed by atoms with Crippen LogP contribution in [-0.4, -0.2) is 26.2 Å². The molecule has 1 aliphatic heterocycles. The molecule has 3 heterocycles.